The van der Waals surface area contributed by atoms with Gasteiger partial charge in [0.05, 0.1) is 12.7 Å². The van der Waals surface area contributed by atoms with Crippen molar-refractivity contribution >= 4 is 11.7 Å². The highest BCUT2D eigenvalue weighted by Gasteiger charge is 2.11. The predicted octanol–water partition coefficient (Wildman–Crippen LogP) is 4.55. The molecule has 0 bridgehead atoms. The highest BCUT2D eigenvalue weighted by Crippen LogP contribution is 2.19. The zero-order valence-corrected chi connectivity index (χ0v) is 13.0. The van der Waals surface area contributed by atoms with Gasteiger partial charge in [-0.25, -0.2) is 4.79 Å². The van der Waals surface area contributed by atoms with Crippen LogP contribution in [0, 0.1) is 6.92 Å². The molecule has 1 aromatic rings. The SMILES string of the molecule is CCCCCCCCNc1cccc(C(=O)OC)c1C. The number of esters is 1. The third-order valence-electron chi connectivity index (χ3n) is 3.58. The van der Waals surface area contributed by atoms with E-state index in [4.69, 9.17) is 4.74 Å². The third kappa shape index (κ3) is 5.24. The average molecular weight is 277 g/mol. The number of hydrogen-bond donors (Lipinski definition) is 1. The second kappa shape index (κ2) is 9.40. The van der Waals surface area contributed by atoms with Crippen molar-refractivity contribution in [1.29, 1.82) is 0 Å². The minimum atomic E-state index is -0.272. The molecule has 112 valence electrons. The van der Waals surface area contributed by atoms with Crippen LogP contribution in [0.25, 0.3) is 0 Å². The number of rotatable bonds is 9. The van der Waals surface area contributed by atoms with Crippen LogP contribution >= 0.6 is 0 Å². The summed E-state index contributed by atoms with van der Waals surface area (Å²) in [7, 11) is 1.41. The van der Waals surface area contributed by atoms with Crippen molar-refractivity contribution in [2.45, 2.75) is 52.4 Å². The van der Waals surface area contributed by atoms with Gasteiger partial charge in [0.25, 0.3) is 0 Å². The molecular formula is C17H27NO2. The Kier molecular flexibility index (Phi) is 7.78. The van der Waals surface area contributed by atoms with E-state index in [0.717, 1.165) is 17.8 Å². The number of ether oxygens (including phenoxy) is 1. The monoisotopic (exact) mass is 277 g/mol. The molecule has 0 heterocycles. The minimum absolute atomic E-state index is 0.272. The van der Waals surface area contributed by atoms with E-state index in [-0.39, 0.29) is 5.97 Å². The molecule has 0 aliphatic carbocycles. The van der Waals surface area contributed by atoms with E-state index in [9.17, 15) is 4.79 Å². The molecule has 0 amide bonds. The lowest BCUT2D eigenvalue weighted by Gasteiger charge is -2.12. The Bertz CT molecular complexity index is 415. The third-order valence-corrected chi connectivity index (χ3v) is 3.58. The van der Waals surface area contributed by atoms with Crippen LogP contribution in [0.2, 0.25) is 0 Å². The first-order valence-electron chi connectivity index (χ1n) is 7.62. The van der Waals surface area contributed by atoms with Gasteiger partial charge in [0, 0.05) is 12.2 Å². The Morgan fingerprint density at radius 2 is 1.85 bits per heavy atom. The molecule has 0 saturated carbocycles. The Hall–Kier alpha value is -1.51. The van der Waals surface area contributed by atoms with Crippen molar-refractivity contribution in [3.05, 3.63) is 29.3 Å². The number of anilines is 1. The summed E-state index contributed by atoms with van der Waals surface area (Å²) in [6.45, 7) is 5.14. The number of hydrogen-bond acceptors (Lipinski definition) is 3. The number of carbonyl (C=O) groups is 1. The van der Waals surface area contributed by atoms with Crippen LogP contribution in [0.15, 0.2) is 18.2 Å². The first-order chi connectivity index (χ1) is 9.70. The van der Waals surface area contributed by atoms with Crippen LogP contribution in [0.1, 0.15) is 61.4 Å². The normalized spacial score (nSPS) is 10.3. The van der Waals surface area contributed by atoms with Gasteiger partial charge in [-0.2, -0.15) is 0 Å². The van der Waals surface area contributed by atoms with Gasteiger partial charge in [-0.1, -0.05) is 45.1 Å². The fourth-order valence-corrected chi connectivity index (χ4v) is 2.29. The zero-order chi connectivity index (χ0) is 14.8. The lowest BCUT2D eigenvalue weighted by molar-refractivity contribution is 0.0600. The fraction of sp³-hybridized carbons (Fsp3) is 0.588. The number of benzene rings is 1. The van der Waals surface area contributed by atoms with Gasteiger partial charge in [-0.3, -0.25) is 0 Å². The van der Waals surface area contributed by atoms with Gasteiger partial charge in [0.1, 0.15) is 0 Å². The lowest BCUT2D eigenvalue weighted by atomic mass is 10.1. The molecule has 3 nitrogen and oxygen atoms in total. The maximum atomic E-state index is 11.6. The van der Waals surface area contributed by atoms with Gasteiger partial charge in [-0.05, 0) is 31.0 Å². The first-order valence-corrected chi connectivity index (χ1v) is 7.62. The molecule has 0 unspecified atom stereocenters. The lowest BCUT2D eigenvalue weighted by Crippen LogP contribution is -2.08. The summed E-state index contributed by atoms with van der Waals surface area (Å²) >= 11 is 0. The summed E-state index contributed by atoms with van der Waals surface area (Å²) < 4.78 is 4.79. The van der Waals surface area contributed by atoms with Crippen molar-refractivity contribution in [3.63, 3.8) is 0 Å². The molecule has 1 aromatic carbocycles. The number of carbonyl (C=O) groups excluding carboxylic acids is 1. The number of methoxy groups -OCH3 is 1. The van der Waals surface area contributed by atoms with E-state index in [1.807, 2.05) is 19.1 Å². The van der Waals surface area contributed by atoms with E-state index in [0.29, 0.717) is 5.56 Å². The van der Waals surface area contributed by atoms with Crippen LogP contribution in [0.4, 0.5) is 5.69 Å². The Labute approximate surface area is 122 Å². The highest BCUT2D eigenvalue weighted by molar-refractivity contribution is 5.92. The van der Waals surface area contributed by atoms with Crippen molar-refractivity contribution in [2.75, 3.05) is 19.0 Å². The molecule has 0 saturated heterocycles. The van der Waals surface area contributed by atoms with Crippen molar-refractivity contribution in [2.24, 2.45) is 0 Å². The fourth-order valence-electron chi connectivity index (χ4n) is 2.29. The Balaban J connectivity index is 2.39. The minimum Gasteiger partial charge on any atom is -0.465 e. The van der Waals surface area contributed by atoms with Gasteiger partial charge in [0.15, 0.2) is 0 Å². The quantitative estimate of drug-likeness (QED) is 0.531. The van der Waals surface area contributed by atoms with E-state index in [1.54, 1.807) is 6.07 Å². The predicted molar refractivity (Wildman–Crippen MR) is 84.4 cm³/mol. The molecule has 0 spiro atoms. The molecule has 20 heavy (non-hydrogen) atoms. The van der Waals surface area contributed by atoms with Gasteiger partial charge in [-0.15, -0.1) is 0 Å². The summed E-state index contributed by atoms with van der Waals surface area (Å²) in [5.41, 5.74) is 2.63. The molecule has 0 radical (unpaired) electrons. The smallest absolute Gasteiger partial charge is 0.338 e. The Morgan fingerprint density at radius 1 is 1.15 bits per heavy atom. The van der Waals surface area contributed by atoms with Crippen molar-refractivity contribution < 1.29 is 9.53 Å². The van der Waals surface area contributed by atoms with E-state index in [1.165, 1.54) is 45.6 Å². The second-order valence-corrected chi connectivity index (χ2v) is 5.16. The molecule has 0 fully saturated rings. The molecule has 0 aliphatic rings. The van der Waals surface area contributed by atoms with Crippen LogP contribution in [0.3, 0.4) is 0 Å². The molecule has 0 aromatic heterocycles. The second-order valence-electron chi connectivity index (χ2n) is 5.16. The standard InChI is InChI=1S/C17H27NO2/c1-4-5-6-7-8-9-13-18-16-12-10-11-15(14(16)2)17(19)20-3/h10-12,18H,4-9,13H2,1-3H3. The van der Waals surface area contributed by atoms with E-state index >= 15 is 0 Å². The average Bonchev–Trinajstić information content (AvgIpc) is 2.47. The van der Waals surface area contributed by atoms with E-state index in [2.05, 4.69) is 12.2 Å². The van der Waals surface area contributed by atoms with Gasteiger partial charge in [0.2, 0.25) is 0 Å². The van der Waals surface area contributed by atoms with Crippen molar-refractivity contribution in [1.82, 2.24) is 0 Å². The van der Waals surface area contributed by atoms with Gasteiger partial charge < -0.3 is 10.1 Å². The van der Waals surface area contributed by atoms with Crippen molar-refractivity contribution in [3.8, 4) is 0 Å². The van der Waals surface area contributed by atoms with Crippen LogP contribution in [0.5, 0.6) is 0 Å². The maximum Gasteiger partial charge on any atom is 0.338 e. The van der Waals surface area contributed by atoms with Gasteiger partial charge >= 0.3 is 5.97 Å². The zero-order valence-electron chi connectivity index (χ0n) is 13.0. The molecule has 0 atom stereocenters. The molecule has 1 rings (SSSR count). The summed E-state index contributed by atoms with van der Waals surface area (Å²) in [5.74, 6) is -0.272. The number of nitrogens with one attached hydrogen (secondary N) is 1. The summed E-state index contributed by atoms with van der Waals surface area (Å²) in [4.78, 5) is 11.6. The van der Waals surface area contributed by atoms with Crippen LogP contribution in [-0.4, -0.2) is 19.6 Å². The molecule has 0 aliphatic heterocycles. The summed E-state index contributed by atoms with van der Waals surface area (Å²) in [6, 6.07) is 5.71. The summed E-state index contributed by atoms with van der Waals surface area (Å²) in [6.07, 6.45) is 7.73. The largest absolute Gasteiger partial charge is 0.465 e. The molecule has 3 heteroatoms. The first kappa shape index (κ1) is 16.5. The maximum absolute atomic E-state index is 11.6. The summed E-state index contributed by atoms with van der Waals surface area (Å²) in [5, 5.41) is 3.42. The van der Waals surface area contributed by atoms with Crippen LogP contribution in [-0.2, 0) is 4.74 Å². The topological polar surface area (TPSA) is 38.3 Å². The highest BCUT2D eigenvalue weighted by atomic mass is 16.5. The number of unbranched alkanes of at least 4 members (excludes halogenated alkanes) is 5. The molecule has 1 N–H and O–H groups in total. The molecular weight excluding hydrogens is 250 g/mol. The Morgan fingerprint density at radius 3 is 2.55 bits per heavy atom. The van der Waals surface area contributed by atoms with Crippen LogP contribution < -0.4 is 5.32 Å². The van der Waals surface area contributed by atoms with E-state index < -0.39 is 0 Å².